The number of carbonyl (C=O) groups excluding carboxylic acids is 1. The summed E-state index contributed by atoms with van der Waals surface area (Å²) in [6.45, 7) is 1.85. The number of likely N-dealkylation sites (tertiary alicyclic amines) is 1. The highest BCUT2D eigenvalue weighted by atomic mass is 16.6. The molecule has 3 rings (SSSR count). The minimum atomic E-state index is -0.457. The Morgan fingerprint density at radius 3 is 2.80 bits per heavy atom. The van der Waals surface area contributed by atoms with Crippen molar-refractivity contribution in [1.82, 2.24) is 9.88 Å². The van der Waals surface area contributed by atoms with Crippen LogP contribution in [0.25, 0.3) is 0 Å². The van der Waals surface area contributed by atoms with Gasteiger partial charge in [0.2, 0.25) is 11.7 Å². The Labute approximate surface area is 145 Å². The van der Waals surface area contributed by atoms with Crippen molar-refractivity contribution in [2.24, 2.45) is 5.92 Å². The molecule has 1 atom stereocenters. The molecular formula is C18H20N4O3. The van der Waals surface area contributed by atoms with E-state index in [-0.39, 0.29) is 23.3 Å². The Balaban J connectivity index is 1.52. The fourth-order valence-corrected chi connectivity index (χ4v) is 3.04. The summed E-state index contributed by atoms with van der Waals surface area (Å²) < 4.78 is 0. The van der Waals surface area contributed by atoms with Crippen LogP contribution < -0.4 is 5.32 Å². The zero-order valence-corrected chi connectivity index (χ0v) is 13.8. The number of hydrogen-bond acceptors (Lipinski definition) is 5. The minimum absolute atomic E-state index is 0.0484. The second-order valence-corrected chi connectivity index (χ2v) is 6.15. The van der Waals surface area contributed by atoms with Gasteiger partial charge in [-0.1, -0.05) is 30.3 Å². The molecule has 0 radical (unpaired) electrons. The van der Waals surface area contributed by atoms with Crippen molar-refractivity contribution < 1.29 is 9.72 Å². The lowest BCUT2D eigenvalue weighted by atomic mass is 10.1. The van der Waals surface area contributed by atoms with Crippen molar-refractivity contribution in [1.29, 1.82) is 0 Å². The number of pyridine rings is 1. The number of aromatic nitrogens is 1. The summed E-state index contributed by atoms with van der Waals surface area (Å²) in [5.41, 5.74) is 1.16. The Morgan fingerprint density at radius 1 is 1.24 bits per heavy atom. The molecule has 0 bridgehead atoms. The third-order valence-electron chi connectivity index (χ3n) is 4.35. The molecule has 7 heteroatoms. The molecule has 2 heterocycles. The number of nitro groups is 1. The first-order chi connectivity index (χ1) is 12.1. The second-order valence-electron chi connectivity index (χ2n) is 6.15. The van der Waals surface area contributed by atoms with Gasteiger partial charge < -0.3 is 10.2 Å². The van der Waals surface area contributed by atoms with Gasteiger partial charge in [-0.2, -0.15) is 0 Å². The summed E-state index contributed by atoms with van der Waals surface area (Å²) in [7, 11) is 0. The zero-order valence-electron chi connectivity index (χ0n) is 13.8. The summed E-state index contributed by atoms with van der Waals surface area (Å²) >= 11 is 0. The Bertz CT molecular complexity index is 751. The number of anilines is 1. The van der Waals surface area contributed by atoms with E-state index in [9.17, 15) is 14.9 Å². The SMILES string of the molecule is O=C1CC(CNc2ncccc2[N+](=O)[O-])CN1CCc1ccccc1. The summed E-state index contributed by atoms with van der Waals surface area (Å²) in [5, 5.41) is 14.0. The van der Waals surface area contributed by atoms with Crippen LogP contribution in [0, 0.1) is 16.0 Å². The molecule has 1 aromatic heterocycles. The monoisotopic (exact) mass is 340 g/mol. The molecule has 1 aliphatic heterocycles. The lowest BCUT2D eigenvalue weighted by Gasteiger charge is -2.17. The van der Waals surface area contributed by atoms with E-state index in [1.807, 2.05) is 23.1 Å². The molecule has 1 fully saturated rings. The highest BCUT2D eigenvalue weighted by Gasteiger charge is 2.29. The molecular weight excluding hydrogens is 320 g/mol. The Morgan fingerprint density at radius 2 is 2.04 bits per heavy atom. The first kappa shape index (κ1) is 16.9. The largest absolute Gasteiger partial charge is 0.364 e. The van der Waals surface area contributed by atoms with Crippen molar-refractivity contribution in [3.8, 4) is 0 Å². The second kappa shape index (κ2) is 7.74. The molecule has 2 aromatic rings. The average molecular weight is 340 g/mol. The smallest absolute Gasteiger partial charge is 0.311 e. The molecule has 1 saturated heterocycles. The van der Waals surface area contributed by atoms with Crippen LogP contribution in [0.15, 0.2) is 48.7 Å². The van der Waals surface area contributed by atoms with Gasteiger partial charge >= 0.3 is 5.69 Å². The average Bonchev–Trinajstić information content (AvgIpc) is 2.99. The number of hydrogen-bond donors (Lipinski definition) is 1. The van der Waals surface area contributed by atoms with Crippen molar-refractivity contribution in [3.05, 3.63) is 64.3 Å². The first-order valence-corrected chi connectivity index (χ1v) is 8.28. The van der Waals surface area contributed by atoms with E-state index < -0.39 is 4.92 Å². The van der Waals surface area contributed by atoms with E-state index in [4.69, 9.17) is 0 Å². The van der Waals surface area contributed by atoms with Crippen LogP contribution in [0.4, 0.5) is 11.5 Å². The van der Waals surface area contributed by atoms with Gasteiger partial charge in [-0.05, 0) is 18.1 Å². The number of nitrogens with zero attached hydrogens (tertiary/aromatic N) is 3. The van der Waals surface area contributed by atoms with E-state index in [1.165, 1.54) is 23.9 Å². The molecule has 130 valence electrons. The predicted molar refractivity (Wildman–Crippen MR) is 94.2 cm³/mol. The maximum absolute atomic E-state index is 12.2. The molecule has 0 saturated carbocycles. The highest BCUT2D eigenvalue weighted by Crippen LogP contribution is 2.23. The number of rotatable bonds is 7. The predicted octanol–water partition coefficient (Wildman–Crippen LogP) is 2.49. The van der Waals surface area contributed by atoms with Gasteiger partial charge in [0.25, 0.3) is 0 Å². The maximum Gasteiger partial charge on any atom is 0.311 e. The van der Waals surface area contributed by atoms with Gasteiger partial charge in [0.1, 0.15) is 0 Å². The molecule has 25 heavy (non-hydrogen) atoms. The summed E-state index contributed by atoms with van der Waals surface area (Å²) in [6, 6.07) is 13.0. The number of nitrogens with one attached hydrogen (secondary N) is 1. The van der Waals surface area contributed by atoms with Gasteiger partial charge in [-0.25, -0.2) is 4.98 Å². The molecule has 1 aromatic carbocycles. The van der Waals surface area contributed by atoms with Crippen molar-refractivity contribution >= 4 is 17.4 Å². The maximum atomic E-state index is 12.2. The standard InChI is InChI=1S/C18H20N4O3/c23-17-11-15(12-20-18-16(22(24)25)7-4-9-19-18)13-21(17)10-8-14-5-2-1-3-6-14/h1-7,9,15H,8,10-13H2,(H,19,20). The van der Waals surface area contributed by atoms with E-state index in [0.717, 1.165) is 6.42 Å². The van der Waals surface area contributed by atoms with Crippen LogP contribution in [0.5, 0.6) is 0 Å². The lowest BCUT2D eigenvalue weighted by molar-refractivity contribution is -0.384. The summed E-state index contributed by atoms with van der Waals surface area (Å²) in [4.78, 5) is 28.6. The van der Waals surface area contributed by atoms with Crippen molar-refractivity contribution in [2.45, 2.75) is 12.8 Å². The molecule has 0 aliphatic carbocycles. The highest BCUT2D eigenvalue weighted by molar-refractivity contribution is 5.78. The van der Waals surface area contributed by atoms with Crippen LogP contribution in [-0.2, 0) is 11.2 Å². The van der Waals surface area contributed by atoms with E-state index in [1.54, 1.807) is 0 Å². The quantitative estimate of drug-likeness (QED) is 0.618. The topological polar surface area (TPSA) is 88.4 Å². The molecule has 1 N–H and O–H groups in total. The number of benzene rings is 1. The molecule has 0 spiro atoms. The van der Waals surface area contributed by atoms with Crippen molar-refractivity contribution in [3.63, 3.8) is 0 Å². The third kappa shape index (κ3) is 4.32. The van der Waals surface area contributed by atoms with Gasteiger partial charge in [0.05, 0.1) is 4.92 Å². The fourth-order valence-electron chi connectivity index (χ4n) is 3.04. The van der Waals surface area contributed by atoms with Crippen LogP contribution in [0.1, 0.15) is 12.0 Å². The molecule has 1 amide bonds. The van der Waals surface area contributed by atoms with E-state index >= 15 is 0 Å². The lowest BCUT2D eigenvalue weighted by Crippen LogP contribution is -2.28. The molecule has 1 aliphatic rings. The van der Waals surface area contributed by atoms with Gasteiger partial charge in [0.15, 0.2) is 0 Å². The number of carbonyl (C=O) groups is 1. The zero-order chi connectivity index (χ0) is 17.6. The Kier molecular flexibility index (Phi) is 5.23. The van der Waals surface area contributed by atoms with Gasteiger partial charge in [-0.15, -0.1) is 0 Å². The van der Waals surface area contributed by atoms with E-state index in [2.05, 4.69) is 22.4 Å². The van der Waals surface area contributed by atoms with Crippen LogP contribution >= 0.6 is 0 Å². The third-order valence-corrected chi connectivity index (χ3v) is 4.35. The first-order valence-electron chi connectivity index (χ1n) is 8.28. The Hall–Kier alpha value is -2.96. The number of amides is 1. The normalized spacial score (nSPS) is 16.9. The summed E-state index contributed by atoms with van der Waals surface area (Å²) in [5.74, 6) is 0.519. The van der Waals surface area contributed by atoms with E-state index in [0.29, 0.717) is 26.1 Å². The minimum Gasteiger partial charge on any atom is -0.364 e. The van der Waals surface area contributed by atoms with Crippen LogP contribution in [0.3, 0.4) is 0 Å². The van der Waals surface area contributed by atoms with Crippen molar-refractivity contribution in [2.75, 3.05) is 25.0 Å². The molecule has 7 nitrogen and oxygen atoms in total. The van der Waals surface area contributed by atoms with Gasteiger partial charge in [0, 0.05) is 44.2 Å². The molecule has 1 unspecified atom stereocenters. The van der Waals surface area contributed by atoms with Crippen LogP contribution in [-0.4, -0.2) is 40.3 Å². The fraction of sp³-hybridized carbons (Fsp3) is 0.333. The van der Waals surface area contributed by atoms with Gasteiger partial charge in [-0.3, -0.25) is 14.9 Å². The summed E-state index contributed by atoms with van der Waals surface area (Å²) in [6.07, 6.45) is 2.81. The van der Waals surface area contributed by atoms with Crippen LogP contribution in [0.2, 0.25) is 0 Å².